The Morgan fingerprint density at radius 2 is 2.10 bits per heavy atom. The predicted octanol–water partition coefficient (Wildman–Crippen LogP) is 2.65. The second-order valence-electron chi connectivity index (χ2n) is 8.50. The van der Waals surface area contributed by atoms with Crippen LogP contribution in [0, 0.1) is 23.2 Å². The summed E-state index contributed by atoms with van der Waals surface area (Å²) in [6, 6.07) is 7.15. The molecule has 2 amide bonds. The van der Waals surface area contributed by atoms with Crippen molar-refractivity contribution in [2.75, 3.05) is 13.1 Å². The molecule has 2 fully saturated rings. The molecule has 1 aliphatic carbocycles. The van der Waals surface area contributed by atoms with Gasteiger partial charge >= 0.3 is 0 Å². The molecule has 8 heteroatoms. The average molecular weight is 422 g/mol. The Morgan fingerprint density at radius 3 is 2.81 bits per heavy atom. The van der Waals surface area contributed by atoms with Gasteiger partial charge in [0.25, 0.3) is 5.91 Å². The fourth-order valence-electron chi connectivity index (χ4n) is 4.70. The van der Waals surface area contributed by atoms with Crippen molar-refractivity contribution in [2.24, 2.45) is 17.6 Å². The summed E-state index contributed by atoms with van der Waals surface area (Å²) in [5.41, 5.74) is 6.43. The lowest BCUT2D eigenvalue weighted by Crippen LogP contribution is -2.32. The number of primary amides is 1. The number of amides is 2. The van der Waals surface area contributed by atoms with Crippen LogP contribution in [-0.2, 0) is 4.79 Å². The maximum Gasteiger partial charge on any atom is 0.252 e. The SMILES string of the molecule is CC(C)Oc1cc2c(OC3CC[C@@H]4CN(C(=O)CC#N)CC34)ccnc2cc1C(N)=O. The lowest BCUT2D eigenvalue weighted by atomic mass is 9.99. The van der Waals surface area contributed by atoms with Gasteiger partial charge < -0.3 is 20.1 Å². The highest BCUT2D eigenvalue weighted by molar-refractivity contribution is 6.01. The monoisotopic (exact) mass is 422 g/mol. The molecular weight excluding hydrogens is 396 g/mol. The average Bonchev–Trinajstić information content (AvgIpc) is 3.29. The number of benzene rings is 1. The van der Waals surface area contributed by atoms with Crippen molar-refractivity contribution in [3.8, 4) is 17.6 Å². The first-order chi connectivity index (χ1) is 14.9. The molecule has 1 aromatic carbocycles. The Bertz CT molecular complexity index is 1060. The van der Waals surface area contributed by atoms with E-state index in [4.69, 9.17) is 20.5 Å². The molecule has 4 rings (SSSR count). The fourth-order valence-corrected chi connectivity index (χ4v) is 4.70. The second kappa shape index (κ2) is 8.42. The van der Waals surface area contributed by atoms with E-state index in [9.17, 15) is 9.59 Å². The van der Waals surface area contributed by atoms with Crippen molar-refractivity contribution in [2.45, 2.75) is 45.3 Å². The van der Waals surface area contributed by atoms with E-state index in [1.807, 2.05) is 26.0 Å². The number of nitrogens with two attached hydrogens (primary N) is 1. The van der Waals surface area contributed by atoms with Crippen molar-refractivity contribution < 1.29 is 19.1 Å². The largest absolute Gasteiger partial charge is 0.490 e. The van der Waals surface area contributed by atoms with E-state index in [0.717, 1.165) is 18.2 Å². The first-order valence-electron chi connectivity index (χ1n) is 10.6. The van der Waals surface area contributed by atoms with Gasteiger partial charge in [0.2, 0.25) is 5.91 Å². The highest BCUT2D eigenvalue weighted by Crippen LogP contribution is 2.41. The molecular formula is C23H26N4O4. The minimum Gasteiger partial charge on any atom is -0.490 e. The van der Waals surface area contributed by atoms with E-state index in [1.165, 1.54) is 0 Å². The van der Waals surface area contributed by atoms with Gasteiger partial charge in [-0.2, -0.15) is 5.26 Å². The first kappa shape index (κ1) is 20.9. The molecule has 2 aliphatic rings. The molecule has 0 radical (unpaired) electrons. The number of likely N-dealkylation sites (tertiary alicyclic amines) is 1. The van der Waals surface area contributed by atoms with Gasteiger partial charge in [-0.3, -0.25) is 14.6 Å². The maximum atomic E-state index is 12.1. The summed E-state index contributed by atoms with van der Waals surface area (Å²) in [5.74, 6) is 1.02. The predicted molar refractivity (Wildman–Crippen MR) is 113 cm³/mol. The standard InChI is InChI=1S/C23H26N4O4/c1-13(2)30-21-10-15-18(9-16(21)23(25)29)26-8-6-20(15)31-19-4-3-14-11-27(12-17(14)19)22(28)5-7-24/h6,8-10,13-14,17,19H,3-5,11-12H2,1-2H3,(H2,25,29)/t14-,17?,19?/m1/s1. The fraction of sp³-hybridized carbons (Fsp3) is 0.478. The third-order valence-corrected chi connectivity index (χ3v) is 6.08. The molecule has 0 spiro atoms. The summed E-state index contributed by atoms with van der Waals surface area (Å²) in [6.45, 7) is 5.07. The van der Waals surface area contributed by atoms with Gasteiger partial charge in [-0.25, -0.2) is 0 Å². The highest BCUT2D eigenvalue weighted by atomic mass is 16.5. The van der Waals surface area contributed by atoms with Gasteiger partial charge in [-0.15, -0.1) is 0 Å². The molecule has 3 atom stereocenters. The maximum absolute atomic E-state index is 12.1. The minimum atomic E-state index is -0.572. The molecule has 1 aliphatic heterocycles. The zero-order valence-corrected chi connectivity index (χ0v) is 17.7. The Labute approximate surface area is 180 Å². The van der Waals surface area contributed by atoms with Gasteiger partial charge in [0.05, 0.1) is 23.3 Å². The number of hydrogen-bond donors (Lipinski definition) is 1. The molecule has 162 valence electrons. The zero-order chi connectivity index (χ0) is 22.1. The number of carbonyl (C=O) groups excluding carboxylic acids is 2. The molecule has 31 heavy (non-hydrogen) atoms. The summed E-state index contributed by atoms with van der Waals surface area (Å²) >= 11 is 0. The molecule has 1 saturated heterocycles. The number of rotatable bonds is 6. The van der Waals surface area contributed by atoms with Gasteiger partial charge in [0.1, 0.15) is 24.0 Å². The third kappa shape index (κ3) is 4.13. The van der Waals surface area contributed by atoms with E-state index < -0.39 is 5.91 Å². The smallest absolute Gasteiger partial charge is 0.252 e. The Balaban J connectivity index is 1.61. The zero-order valence-electron chi connectivity index (χ0n) is 17.7. The van der Waals surface area contributed by atoms with Crippen molar-refractivity contribution >= 4 is 22.7 Å². The van der Waals surface area contributed by atoms with E-state index in [-0.39, 0.29) is 36.0 Å². The molecule has 2 N–H and O–H groups in total. The summed E-state index contributed by atoms with van der Waals surface area (Å²) in [5, 5.41) is 9.56. The number of pyridine rings is 1. The van der Waals surface area contributed by atoms with E-state index in [2.05, 4.69) is 4.98 Å². The molecule has 1 aromatic heterocycles. The third-order valence-electron chi connectivity index (χ3n) is 6.08. The van der Waals surface area contributed by atoms with Crippen LogP contribution in [0.2, 0.25) is 0 Å². The van der Waals surface area contributed by atoms with Crippen molar-refractivity contribution in [1.82, 2.24) is 9.88 Å². The number of fused-ring (bicyclic) bond motifs is 2. The van der Waals surface area contributed by atoms with Crippen LogP contribution in [0.4, 0.5) is 0 Å². The molecule has 2 aromatic rings. The van der Waals surface area contributed by atoms with Crippen LogP contribution in [0.15, 0.2) is 24.4 Å². The highest BCUT2D eigenvalue weighted by Gasteiger charge is 2.45. The lowest BCUT2D eigenvalue weighted by molar-refractivity contribution is -0.129. The number of nitriles is 1. The van der Waals surface area contributed by atoms with Crippen LogP contribution in [0.25, 0.3) is 10.9 Å². The normalized spacial score (nSPS) is 22.4. The quantitative estimate of drug-likeness (QED) is 0.764. The van der Waals surface area contributed by atoms with Crippen LogP contribution >= 0.6 is 0 Å². The lowest BCUT2D eigenvalue weighted by Gasteiger charge is -2.23. The van der Waals surface area contributed by atoms with Crippen molar-refractivity contribution in [1.29, 1.82) is 5.26 Å². The second-order valence-corrected chi connectivity index (χ2v) is 8.50. The number of carbonyl (C=O) groups is 2. The topological polar surface area (TPSA) is 119 Å². The Hall–Kier alpha value is -3.34. The number of aromatic nitrogens is 1. The van der Waals surface area contributed by atoms with Crippen LogP contribution in [0.5, 0.6) is 11.5 Å². The number of ether oxygens (including phenoxy) is 2. The summed E-state index contributed by atoms with van der Waals surface area (Å²) < 4.78 is 12.3. The molecule has 2 unspecified atom stereocenters. The molecule has 0 bridgehead atoms. The van der Waals surface area contributed by atoms with Crippen LogP contribution in [-0.4, -0.2) is 47.0 Å². The van der Waals surface area contributed by atoms with Gasteiger partial charge in [-0.1, -0.05) is 0 Å². The van der Waals surface area contributed by atoms with Crippen LogP contribution in [0.3, 0.4) is 0 Å². The van der Waals surface area contributed by atoms with Gasteiger partial charge in [-0.05, 0) is 50.8 Å². The molecule has 8 nitrogen and oxygen atoms in total. The van der Waals surface area contributed by atoms with Gasteiger partial charge in [0.15, 0.2) is 0 Å². The van der Waals surface area contributed by atoms with E-state index in [0.29, 0.717) is 36.0 Å². The summed E-state index contributed by atoms with van der Waals surface area (Å²) in [7, 11) is 0. The van der Waals surface area contributed by atoms with Crippen molar-refractivity contribution in [3.05, 3.63) is 30.0 Å². The van der Waals surface area contributed by atoms with Crippen molar-refractivity contribution in [3.63, 3.8) is 0 Å². The number of nitrogens with zero attached hydrogens (tertiary/aromatic N) is 3. The number of hydrogen-bond acceptors (Lipinski definition) is 6. The van der Waals surface area contributed by atoms with E-state index in [1.54, 1.807) is 23.2 Å². The Kier molecular flexibility index (Phi) is 5.68. The summed E-state index contributed by atoms with van der Waals surface area (Å²) in [4.78, 5) is 30.2. The Morgan fingerprint density at radius 1 is 1.29 bits per heavy atom. The summed E-state index contributed by atoms with van der Waals surface area (Å²) in [6.07, 6.45) is 3.32. The minimum absolute atomic E-state index is 0.0271. The van der Waals surface area contributed by atoms with E-state index >= 15 is 0 Å². The van der Waals surface area contributed by atoms with Crippen LogP contribution in [0.1, 0.15) is 43.5 Å². The van der Waals surface area contributed by atoms with Crippen LogP contribution < -0.4 is 15.2 Å². The molecule has 2 heterocycles. The first-order valence-corrected chi connectivity index (χ1v) is 10.6. The molecule has 1 saturated carbocycles. The van der Waals surface area contributed by atoms with Gasteiger partial charge in [0, 0.05) is 30.6 Å².